The fourth-order valence-electron chi connectivity index (χ4n) is 2.93. The van der Waals surface area contributed by atoms with E-state index < -0.39 is 5.97 Å². The van der Waals surface area contributed by atoms with Crippen molar-refractivity contribution in [2.45, 2.75) is 6.61 Å². The van der Waals surface area contributed by atoms with E-state index in [9.17, 15) is 4.79 Å². The molecule has 0 aliphatic heterocycles. The van der Waals surface area contributed by atoms with Gasteiger partial charge in [0.15, 0.2) is 11.5 Å². The lowest BCUT2D eigenvalue weighted by Crippen LogP contribution is -2.00. The van der Waals surface area contributed by atoms with E-state index in [1.54, 1.807) is 31.4 Å². The Bertz CT molecular complexity index is 1100. The zero-order valence-electron chi connectivity index (χ0n) is 15.2. The number of aromatic amines is 1. The first kappa shape index (κ1) is 17.6. The summed E-state index contributed by atoms with van der Waals surface area (Å²) >= 11 is 0. The number of carboxylic acids is 1. The number of aromatic carboxylic acids is 1. The number of rotatable bonds is 6. The number of para-hydroxylation sites is 2. The van der Waals surface area contributed by atoms with Gasteiger partial charge in [-0.1, -0.05) is 24.3 Å². The van der Waals surface area contributed by atoms with E-state index in [1.807, 2.05) is 42.5 Å². The van der Waals surface area contributed by atoms with Crippen LogP contribution in [0.15, 0.2) is 66.7 Å². The Morgan fingerprint density at radius 2 is 1.82 bits per heavy atom. The van der Waals surface area contributed by atoms with Crippen LogP contribution in [0.4, 0.5) is 0 Å². The molecular formula is C22H18N2O4. The molecule has 0 saturated heterocycles. The van der Waals surface area contributed by atoms with Crippen LogP contribution < -0.4 is 9.47 Å². The van der Waals surface area contributed by atoms with Crippen LogP contribution in [0, 0.1) is 0 Å². The molecule has 4 aromatic rings. The van der Waals surface area contributed by atoms with E-state index in [0.717, 1.165) is 28.0 Å². The molecule has 3 aromatic carbocycles. The Balaban J connectivity index is 1.54. The number of carboxylic acid groups (broad SMARTS) is 1. The lowest BCUT2D eigenvalue weighted by molar-refractivity contribution is 0.0697. The third kappa shape index (κ3) is 3.53. The molecule has 0 spiro atoms. The summed E-state index contributed by atoms with van der Waals surface area (Å²) in [6, 6.07) is 20.1. The summed E-state index contributed by atoms with van der Waals surface area (Å²) in [5.41, 5.74) is 3.89. The van der Waals surface area contributed by atoms with Gasteiger partial charge < -0.3 is 19.6 Å². The smallest absolute Gasteiger partial charge is 0.335 e. The lowest BCUT2D eigenvalue weighted by atomic mass is 10.1. The molecule has 6 heteroatoms. The minimum absolute atomic E-state index is 0.247. The lowest BCUT2D eigenvalue weighted by Gasteiger charge is -2.12. The number of ether oxygens (including phenoxy) is 2. The van der Waals surface area contributed by atoms with Crippen molar-refractivity contribution in [2.75, 3.05) is 7.11 Å². The second-order valence-corrected chi connectivity index (χ2v) is 6.26. The van der Waals surface area contributed by atoms with Gasteiger partial charge in [0.2, 0.25) is 0 Å². The van der Waals surface area contributed by atoms with Gasteiger partial charge in [0.05, 0.1) is 23.7 Å². The first-order chi connectivity index (χ1) is 13.6. The van der Waals surface area contributed by atoms with E-state index in [2.05, 4.69) is 9.97 Å². The van der Waals surface area contributed by atoms with Crippen molar-refractivity contribution in [2.24, 2.45) is 0 Å². The number of imidazole rings is 1. The van der Waals surface area contributed by atoms with Gasteiger partial charge >= 0.3 is 5.97 Å². The summed E-state index contributed by atoms with van der Waals surface area (Å²) in [6.45, 7) is 0.306. The molecule has 0 bridgehead atoms. The predicted molar refractivity (Wildman–Crippen MR) is 106 cm³/mol. The summed E-state index contributed by atoms with van der Waals surface area (Å²) in [6.07, 6.45) is 0. The summed E-state index contributed by atoms with van der Waals surface area (Å²) in [7, 11) is 1.59. The zero-order valence-corrected chi connectivity index (χ0v) is 15.2. The summed E-state index contributed by atoms with van der Waals surface area (Å²) in [4.78, 5) is 18.8. The fourth-order valence-corrected chi connectivity index (χ4v) is 2.93. The molecule has 0 fully saturated rings. The van der Waals surface area contributed by atoms with Gasteiger partial charge in [-0.15, -0.1) is 0 Å². The third-order valence-corrected chi connectivity index (χ3v) is 4.42. The fraction of sp³-hybridized carbons (Fsp3) is 0.0909. The average molecular weight is 374 g/mol. The molecule has 6 nitrogen and oxygen atoms in total. The number of nitrogens with zero attached hydrogens (tertiary/aromatic N) is 1. The van der Waals surface area contributed by atoms with Crippen molar-refractivity contribution in [3.8, 4) is 22.9 Å². The molecule has 2 N–H and O–H groups in total. The number of nitrogens with one attached hydrogen (secondary N) is 1. The number of carbonyl (C=O) groups is 1. The molecule has 1 aromatic heterocycles. The molecule has 0 amide bonds. The number of methoxy groups -OCH3 is 1. The van der Waals surface area contributed by atoms with Crippen molar-refractivity contribution in [1.29, 1.82) is 0 Å². The predicted octanol–water partition coefficient (Wildman–Crippen LogP) is 4.52. The minimum Gasteiger partial charge on any atom is -0.493 e. The van der Waals surface area contributed by atoms with Crippen molar-refractivity contribution < 1.29 is 19.4 Å². The Morgan fingerprint density at radius 3 is 2.54 bits per heavy atom. The SMILES string of the molecule is COc1cc(-c2nc3ccccc3[nH]2)ccc1OCc1ccc(C(=O)O)cc1. The first-order valence-electron chi connectivity index (χ1n) is 8.72. The summed E-state index contributed by atoms with van der Waals surface area (Å²) in [5.74, 6) is 1.01. The molecule has 140 valence electrons. The van der Waals surface area contributed by atoms with Gasteiger partial charge in [0, 0.05) is 5.56 Å². The van der Waals surface area contributed by atoms with Crippen LogP contribution in [0.1, 0.15) is 15.9 Å². The third-order valence-electron chi connectivity index (χ3n) is 4.42. The van der Waals surface area contributed by atoms with Gasteiger partial charge in [0.1, 0.15) is 12.4 Å². The van der Waals surface area contributed by atoms with Gasteiger partial charge in [0.25, 0.3) is 0 Å². The second kappa shape index (κ2) is 7.44. The topological polar surface area (TPSA) is 84.4 Å². The van der Waals surface area contributed by atoms with Crippen LogP contribution in [0.5, 0.6) is 11.5 Å². The molecule has 0 radical (unpaired) electrons. The number of H-pyrrole nitrogens is 1. The monoisotopic (exact) mass is 374 g/mol. The second-order valence-electron chi connectivity index (χ2n) is 6.26. The molecular weight excluding hydrogens is 356 g/mol. The van der Waals surface area contributed by atoms with Crippen molar-refractivity contribution in [3.05, 3.63) is 77.9 Å². The maximum absolute atomic E-state index is 10.9. The largest absolute Gasteiger partial charge is 0.493 e. The highest BCUT2D eigenvalue weighted by molar-refractivity contribution is 5.87. The van der Waals surface area contributed by atoms with Gasteiger partial charge in [-0.3, -0.25) is 0 Å². The summed E-state index contributed by atoms with van der Waals surface area (Å²) in [5, 5.41) is 8.96. The zero-order chi connectivity index (χ0) is 19.5. The highest BCUT2D eigenvalue weighted by Gasteiger charge is 2.11. The van der Waals surface area contributed by atoms with E-state index in [1.165, 1.54) is 0 Å². The molecule has 0 unspecified atom stereocenters. The van der Waals surface area contributed by atoms with Crippen LogP contribution in [-0.2, 0) is 6.61 Å². The average Bonchev–Trinajstić information content (AvgIpc) is 3.16. The van der Waals surface area contributed by atoms with E-state index in [0.29, 0.717) is 18.1 Å². The number of fused-ring (bicyclic) bond motifs is 1. The van der Waals surface area contributed by atoms with Crippen LogP contribution in [0.3, 0.4) is 0 Å². The minimum atomic E-state index is -0.949. The van der Waals surface area contributed by atoms with Crippen LogP contribution in [0.25, 0.3) is 22.4 Å². The maximum Gasteiger partial charge on any atom is 0.335 e. The first-order valence-corrected chi connectivity index (χ1v) is 8.72. The van der Waals surface area contributed by atoms with E-state index in [-0.39, 0.29) is 5.56 Å². The maximum atomic E-state index is 10.9. The van der Waals surface area contributed by atoms with Crippen molar-refractivity contribution >= 4 is 17.0 Å². The molecule has 0 aliphatic rings. The summed E-state index contributed by atoms with van der Waals surface area (Å²) < 4.78 is 11.3. The Hall–Kier alpha value is -3.80. The van der Waals surface area contributed by atoms with E-state index in [4.69, 9.17) is 14.6 Å². The number of hydrogen-bond acceptors (Lipinski definition) is 4. The standard InChI is InChI=1S/C22H18N2O4/c1-27-20-12-16(21-23-17-4-2-3-5-18(17)24-21)10-11-19(20)28-13-14-6-8-15(9-7-14)22(25)26/h2-12H,13H2,1H3,(H,23,24)(H,25,26). The normalized spacial score (nSPS) is 10.8. The Labute approximate surface area is 161 Å². The van der Waals surface area contributed by atoms with E-state index >= 15 is 0 Å². The van der Waals surface area contributed by atoms with Crippen LogP contribution in [-0.4, -0.2) is 28.2 Å². The van der Waals surface area contributed by atoms with Gasteiger partial charge in [-0.2, -0.15) is 0 Å². The molecule has 28 heavy (non-hydrogen) atoms. The number of hydrogen-bond donors (Lipinski definition) is 2. The molecule has 0 aliphatic carbocycles. The molecule has 0 saturated carbocycles. The number of aromatic nitrogens is 2. The Morgan fingerprint density at radius 1 is 1.04 bits per heavy atom. The van der Waals surface area contributed by atoms with Crippen molar-refractivity contribution in [3.63, 3.8) is 0 Å². The quantitative estimate of drug-likeness (QED) is 0.518. The molecule has 1 heterocycles. The molecule has 4 rings (SSSR count). The highest BCUT2D eigenvalue weighted by Crippen LogP contribution is 2.32. The molecule has 0 atom stereocenters. The van der Waals surface area contributed by atoms with Gasteiger partial charge in [-0.25, -0.2) is 9.78 Å². The van der Waals surface area contributed by atoms with Crippen LogP contribution in [0.2, 0.25) is 0 Å². The van der Waals surface area contributed by atoms with Gasteiger partial charge in [-0.05, 0) is 48.0 Å². The highest BCUT2D eigenvalue weighted by atomic mass is 16.5. The Kier molecular flexibility index (Phi) is 4.68. The number of benzene rings is 3. The van der Waals surface area contributed by atoms with Crippen LogP contribution >= 0.6 is 0 Å². The van der Waals surface area contributed by atoms with Crippen molar-refractivity contribution in [1.82, 2.24) is 9.97 Å².